The Kier molecular flexibility index (Phi) is 4.90. The summed E-state index contributed by atoms with van der Waals surface area (Å²) in [6, 6.07) is 27.9. The first-order valence-electron chi connectivity index (χ1n) is 10.6. The molecule has 0 saturated heterocycles. The molecule has 6 aromatic rings. The Morgan fingerprint density at radius 2 is 0.970 bits per heavy atom. The van der Waals surface area contributed by atoms with Gasteiger partial charge in [-0.15, -0.1) is 0 Å². The largest absolute Gasteiger partial charge is 0.299 e. The van der Waals surface area contributed by atoms with Crippen LogP contribution in [0.25, 0.3) is 33.8 Å². The molecule has 4 aromatic heterocycles. The fraction of sp³-hybridized carbons (Fsp3) is 0.0370. The zero-order valence-corrected chi connectivity index (χ0v) is 19.0. The maximum atomic E-state index is 6.10. The molecule has 0 spiro atoms. The lowest BCUT2D eigenvalue weighted by Crippen LogP contribution is -1.91. The van der Waals surface area contributed by atoms with E-state index in [9.17, 15) is 0 Å². The van der Waals surface area contributed by atoms with Crippen molar-refractivity contribution >= 4 is 34.2 Å². The second-order valence-electron chi connectivity index (χ2n) is 7.87. The summed E-state index contributed by atoms with van der Waals surface area (Å²) in [5.41, 5.74) is 6.12. The fourth-order valence-electron chi connectivity index (χ4n) is 4.23. The minimum Gasteiger partial charge on any atom is -0.299 e. The third-order valence-electron chi connectivity index (χ3n) is 5.79. The number of hydrogen-bond acceptors (Lipinski definition) is 2. The highest BCUT2D eigenvalue weighted by Gasteiger charge is 2.17. The first kappa shape index (κ1) is 20.0. The van der Waals surface area contributed by atoms with E-state index in [2.05, 4.69) is 20.9 Å². The monoisotopic (exact) mass is 468 g/mol. The van der Waals surface area contributed by atoms with Crippen LogP contribution in [0.3, 0.4) is 0 Å². The molecule has 0 bridgehead atoms. The van der Waals surface area contributed by atoms with Crippen LogP contribution in [0.1, 0.15) is 11.4 Å². The molecule has 4 nitrogen and oxygen atoms in total. The fourth-order valence-corrected chi connectivity index (χ4v) is 4.48. The van der Waals surface area contributed by atoms with Gasteiger partial charge in [-0.1, -0.05) is 35.3 Å². The molecular weight excluding hydrogens is 451 g/mol. The summed E-state index contributed by atoms with van der Waals surface area (Å²) in [5, 5.41) is 1.41. The van der Waals surface area contributed by atoms with Crippen molar-refractivity contribution in [2.45, 2.75) is 6.42 Å². The number of pyridine rings is 2. The van der Waals surface area contributed by atoms with Crippen LogP contribution in [0.5, 0.6) is 0 Å². The highest BCUT2D eigenvalue weighted by molar-refractivity contribution is 6.30. The van der Waals surface area contributed by atoms with E-state index in [1.165, 1.54) is 0 Å². The maximum absolute atomic E-state index is 6.10. The molecule has 0 aliphatic rings. The Bertz CT molecular complexity index is 1470. The molecule has 0 fully saturated rings. The van der Waals surface area contributed by atoms with Crippen molar-refractivity contribution in [3.8, 4) is 22.8 Å². The standard InChI is InChI=1S/C27H18Cl2N4/c28-20-11-7-18(8-12-20)26-30-22(24-5-1-3-15-32(24)26)17-23-25-6-2-4-16-33(25)27(31-23)19-9-13-21(29)14-10-19/h1-16H,17H2. The Hall–Kier alpha value is -3.60. The van der Waals surface area contributed by atoms with Crippen LogP contribution >= 0.6 is 23.2 Å². The van der Waals surface area contributed by atoms with Gasteiger partial charge in [-0.05, 0) is 72.8 Å². The maximum Gasteiger partial charge on any atom is 0.144 e. The van der Waals surface area contributed by atoms with Crippen molar-refractivity contribution in [2.75, 3.05) is 0 Å². The molecule has 160 valence electrons. The first-order valence-corrected chi connectivity index (χ1v) is 11.4. The predicted molar refractivity (Wildman–Crippen MR) is 134 cm³/mol. The first-order chi connectivity index (χ1) is 16.2. The van der Waals surface area contributed by atoms with Gasteiger partial charge in [0.15, 0.2) is 0 Å². The summed E-state index contributed by atoms with van der Waals surface area (Å²) in [5.74, 6) is 1.78. The number of rotatable bonds is 4. The number of benzene rings is 2. The van der Waals surface area contributed by atoms with E-state index in [-0.39, 0.29) is 0 Å². The Morgan fingerprint density at radius 3 is 1.39 bits per heavy atom. The quantitative estimate of drug-likeness (QED) is 0.273. The normalized spacial score (nSPS) is 11.5. The number of halogens is 2. The van der Waals surface area contributed by atoms with Gasteiger partial charge in [0.25, 0.3) is 0 Å². The Balaban J connectivity index is 1.49. The number of aromatic nitrogens is 4. The third kappa shape index (κ3) is 3.58. The van der Waals surface area contributed by atoms with E-state index < -0.39 is 0 Å². The van der Waals surface area contributed by atoms with Crippen LogP contribution in [0.4, 0.5) is 0 Å². The Morgan fingerprint density at radius 1 is 0.545 bits per heavy atom. The summed E-state index contributed by atoms with van der Waals surface area (Å²) in [6.07, 6.45) is 4.70. The van der Waals surface area contributed by atoms with Gasteiger partial charge in [-0.3, -0.25) is 8.80 Å². The molecule has 0 N–H and O–H groups in total. The smallest absolute Gasteiger partial charge is 0.144 e. The van der Waals surface area contributed by atoms with Crippen molar-refractivity contribution in [2.24, 2.45) is 0 Å². The molecule has 33 heavy (non-hydrogen) atoms. The van der Waals surface area contributed by atoms with Crippen molar-refractivity contribution < 1.29 is 0 Å². The van der Waals surface area contributed by atoms with E-state index in [1.54, 1.807) is 0 Å². The van der Waals surface area contributed by atoms with Gasteiger partial charge in [0.1, 0.15) is 11.6 Å². The second kappa shape index (κ2) is 8.07. The summed E-state index contributed by atoms with van der Waals surface area (Å²) >= 11 is 12.2. The van der Waals surface area contributed by atoms with E-state index >= 15 is 0 Å². The van der Waals surface area contributed by atoms with Crippen LogP contribution in [0, 0.1) is 0 Å². The average molecular weight is 469 g/mol. The van der Waals surface area contributed by atoms with Gasteiger partial charge in [-0.2, -0.15) is 0 Å². The lowest BCUT2D eigenvalue weighted by molar-refractivity contribution is 1.07. The van der Waals surface area contributed by atoms with Gasteiger partial charge in [0.2, 0.25) is 0 Å². The van der Waals surface area contributed by atoms with Gasteiger partial charge in [0.05, 0.1) is 22.4 Å². The zero-order valence-electron chi connectivity index (χ0n) is 17.5. The predicted octanol–water partition coefficient (Wildman–Crippen LogP) is 7.21. The van der Waals surface area contributed by atoms with Crippen molar-refractivity contribution in [1.82, 2.24) is 18.8 Å². The van der Waals surface area contributed by atoms with Crippen molar-refractivity contribution in [3.63, 3.8) is 0 Å². The average Bonchev–Trinajstić information content (AvgIpc) is 3.40. The Labute approximate surface area is 200 Å². The molecule has 0 saturated carbocycles. The van der Waals surface area contributed by atoms with Crippen molar-refractivity contribution in [3.05, 3.63) is 119 Å². The molecule has 0 aliphatic heterocycles. The van der Waals surface area contributed by atoms with E-state index in [4.69, 9.17) is 33.2 Å². The van der Waals surface area contributed by atoms with E-state index in [0.29, 0.717) is 16.5 Å². The SMILES string of the molecule is Clc1ccc(-c2nc(Cc3nc(-c4ccc(Cl)cc4)n4ccccc34)c3ccccn23)cc1. The van der Waals surface area contributed by atoms with Gasteiger partial charge < -0.3 is 0 Å². The molecule has 2 aromatic carbocycles. The zero-order chi connectivity index (χ0) is 22.4. The van der Waals surface area contributed by atoms with Gasteiger partial charge in [0, 0.05) is 40.0 Å². The molecule has 0 aliphatic carbocycles. The van der Waals surface area contributed by atoms with Crippen molar-refractivity contribution in [1.29, 1.82) is 0 Å². The minimum atomic E-state index is 0.613. The topological polar surface area (TPSA) is 34.6 Å². The molecular formula is C27H18Cl2N4. The highest BCUT2D eigenvalue weighted by Crippen LogP contribution is 2.29. The van der Waals surface area contributed by atoms with Gasteiger partial charge in [-0.25, -0.2) is 9.97 Å². The minimum absolute atomic E-state index is 0.613. The number of hydrogen-bond donors (Lipinski definition) is 0. The van der Waals surface area contributed by atoms with Crippen LogP contribution in [-0.4, -0.2) is 18.8 Å². The summed E-state index contributed by atoms with van der Waals surface area (Å²) < 4.78 is 4.24. The summed E-state index contributed by atoms with van der Waals surface area (Å²) in [7, 11) is 0. The number of imidazole rings is 2. The highest BCUT2D eigenvalue weighted by atomic mass is 35.5. The molecule has 0 radical (unpaired) electrons. The van der Waals surface area contributed by atoms with Gasteiger partial charge >= 0.3 is 0 Å². The lowest BCUT2D eigenvalue weighted by Gasteiger charge is -2.01. The lowest BCUT2D eigenvalue weighted by atomic mass is 10.2. The second-order valence-corrected chi connectivity index (χ2v) is 8.74. The molecule has 6 rings (SSSR count). The molecule has 4 heterocycles. The molecule has 0 amide bonds. The number of fused-ring (bicyclic) bond motifs is 2. The molecule has 0 unspecified atom stereocenters. The summed E-state index contributed by atoms with van der Waals surface area (Å²) in [4.78, 5) is 10.1. The molecule has 0 atom stereocenters. The van der Waals surface area contributed by atoms with Crippen LogP contribution < -0.4 is 0 Å². The number of nitrogens with zero attached hydrogens (tertiary/aromatic N) is 4. The third-order valence-corrected chi connectivity index (χ3v) is 6.29. The van der Waals surface area contributed by atoms with Crippen LogP contribution in [0.2, 0.25) is 10.0 Å². The molecule has 6 heteroatoms. The van der Waals surface area contributed by atoms with E-state index in [0.717, 1.165) is 45.2 Å². The van der Waals surface area contributed by atoms with Crippen LogP contribution in [0.15, 0.2) is 97.3 Å². The summed E-state index contributed by atoms with van der Waals surface area (Å²) in [6.45, 7) is 0. The van der Waals surface area contributed by atoms with Crippen LogP contribution in [-0.2, 0) is 6.42 Å². The van der Waals surface area contributed by atoms with E-state index in [1.807, 2.05) is 85.2 Å².